The maximum atomic E-state index is 9.14. The van der Waals surface area contributed by atoms with Gasteiger partial charge in [0.15, 0.2) is 0 Å². The number of nitrogens with zero attached hydrogens (tertiary/aromatic N) is 1. The normalized spacial score (nSPS) is 11.1. The van der Waals surface area contributed by atoms with Crippen molar-refractivity contribution in [1.29, 1.82) is 0 Å². The van der Waals surface area contributed by atoms with Gasteiger partial charge in [-0.25, -0.2) is 0 Å². The molecule has 1 aromatic heterocycles. The van der Waals surface area contributed by atoms with Crippen LogP contribution < -0.4 is 0 Å². The van der Waals surface area contributed by atoms with Crippen LogP contribution in [0.2, 0.25) is 5.02 Å². The summed E-state index contributed by atoms with van der Waals surface area (Å²) >= 11 is 7.86. The summed E-state index contributed by atoms with van der Waals surface area (Å²) in [5.41, 5.74) is 2.38. The Morgan fingerprint density at radius 1 is 1.17 bits per heavy atom. The fraction of sp³-hybridized carbons (Fsp3) is 0.286. The van der Waals surface area contributed by atoms with E-state index >= 15 is 0 Å². The number of thiophene rings is 1. The summed E-state index contributed by atoms with van der Waals surface area (Å²) in [4.78, 5) is 2.20. The molecule has 0 unspecified atom stereocenters. The van der Waals surface area contributed by atoms with Gasteiger partial charge in [0.25, 0.3) is 0 Å². The van der Waals surface area contributed by atoms with Crippen LogP contribution in [-0.4, -0.2) is 23.2 Å². The Hall–Kier alpha value is -0.870. The predicted octanol–water partition coefficient (Wildman–Crippen LogP) is 3.40. The highest BCUT2D eigenvalue weighted by Gasteiger charge is 2.08. The molecule has 1 N–H and O–H groups in total. The molecule has 2 rings (SSSR count). The van der Waals surface area contributed by atoms with Crippen LogP contribution in [0, 0.1) is 0 Å². The van der Waals surface area contributed by atoms with Crippen molar-refractivity contribution < 1.29 is 5.11 Å². The minimum atomic E-state index is 0.161. The molecule has 0 radical (unpaired) electrons. The van der Waals surface area contributed by atoms with Gasteiger partial charge in [-0.15, -0.1) is 0 Å². The van der Waals surface area contributed by atoms with E-state index in [1.807, 2.05) is 24.3 Å². The summed E-state index contributed by atoms with van der Waals surface area (Å²) in [5.74, 6) is 0. The van der Waals surface area contributed by atoms with Crippen molar-refractivity contribution in [2.24, 2.45) is 0 Å². The molecule has 18 heavy (non-hydrogen) atoms. The average molecular weight is 282 g/mol. The molecule has 2 nitrogen and oxygen atoms in total. The molecule has 0 saturated heterocycles. The summed E-state index contributed by atoms with van der Waals surface area (Å²) in [6.07, 6.45) is 0. The first kappa shape index (κ1) is 13.6. The van der Waals surface area contributed by atoms with Gasteiger partial charge in [0.05, 0.1) is 6.61 Å². The van der Waals surface area contributed by atoms with E-state index in [4.69, 9.17) is 16.7 Å². The second kappa shape index (κ2) is 6.90. The number of aliphatic hydroxyl groups is 1. The highest BCUT2D eigenvalue weighted by Crippen LogP contribution is 2.18. The smallest absolute Gasteiger partial charge is 0.0558 e. The standard InChI is InChI=1S/C14H16ClNOS/c15-14-4-2-1-3-13(14)10-16(6-7-17)9-12-5-8-18-11-12/h1-5,8,11,17H,6-7,9-10H2. The van der Waals surface area contributed by atoms with E-state index < -0.39 is 0 Å². The summed E-state index contributed by atoms with van der Waals surface area (Å²) in [7, 11) is 0. The van der Waals surface area contributed by atoms with Gasteiger partial charge < -0.3 is 5.11 Å². The molecule has 0 atom stereocenters. The molecule has 0 aliphatic rings. The first-order valence-electron chi connectivity index (χ1n) is 5.87. The quantitative estimate of drug-likeness (QED) is 0.877. The van der Waals surface area contributed by atoms with Crippen molar-refractivity contribution >= 4 is 22.9 Å². The Labute approximate surface area is 116 Å². The van der Waals surface area contributed by atoms with E-state index in [1.54, 1.807) is 11.3 Å². The summed E-state index contributed by atoms with van der Waals surface area (Å²) in [5, 5.41) is 14.1. The molecule has 4 heteroatoms. The Balaban J connectivity index is 2.04. The minimum Gasteiger partial charge on any atom is -0.395 e. The monoisotopic (exact) mass is 281 g/mol. The van der Waals surface area contributed by atoms with Gasteiger partial charge in [-0.1, -0.05) is 29.8 Å². The molecule has 0 bridgehead atoms. The fourth-order valence-corrected chi connectivity index (χ4v) is 2.72. The molecule has 2 aromatic rings. The fourth-order valence-electron chi connectivity index (χ4n) is 1.86. The van der Waals surface area contributed by atoms with E-state index in [-0.39, 0.29) is 6.61 Å². The number of halogens is 1. The Bertz CT molecular complexity index is 472. The zero-order valence-electron chi connectivity index (χ0n) is 10.1. The lowest BCUT2D eigenvalue weighted by molar-refractivity contribution is 0.184. The maximum absolute atomic E-state index is 9.14. The van der Waals surface area contributed by atoms with Crippen LogP contribution in [0.3, 0.4) is 0 Å². The number of benzene rings is 1. The largest absolute Gasteiger partial charge is 0.395 e. The van der Waals surface area contributed by atoms with E-state index in [0.717, 1.165) is 23.7 Å². The Kier molecular flexibility index (Phi) is 5.20. The molecule has 1 heterocycles. The first-order chi connectivity index (χ1) is 8.79. The molecule has 0 aliphatic heterocycles. The van der Waals surface area contributed by atoms with Crippen LogP contribution in [0.5, 0.6) is 0 Å². The molecular formula is C14H16ClNOS. The van der Waals surface area contributed by atoms with Gasteiger partial charge in [-0.3, -0.25) is 4.90 Å². The average Bonchev–Trinajstić information content (AvgIpc) is 2.85. The van der Waals surface area contributed by atoms with Crippen molar-refractivity contribution in [2.75, 3.05) is 13.2 Å². The zero-order valence-corrected chi connectivity index (χ0v) is 11.6. The van der Waals surface area contributed by atoms with Gasteiger partial charge in [-0.05, 0) is 34.0 Å². The highest BCUT2D eigenvalue weighted by atomic mass is 35.5. The van der Waals surface area contributed by atoms with Crippen LogP contribution in [0.25, 0.3) is 0 Å². The molecule has 1 aromatic carbocycles. The Morgan fingerprint density at radius 3 is 2.67 bits per heavy atom. The lowest BCUT2D eigenvalue weighted by Crippen LogP contribution is -2.26. The van der Waals surface area contributed by atoms with Crippen molar-refractivity contribution in [1.82, 2.24) is 4.90 Å². The third-order valence-electron chi connectivity index (χ3n) is 2.75. The van der Waals surface area contributed by atoms with E-state index in [9.17, 15) is 0 Å². The number of rotatable bonds is 6. The van der Waals surface area contributed by atoms with E-state index in [2.05, 4.69) is 21.7 Å². The van der Waals surface area contributed by atoms with Crippen LogP contribution in [-0.2, 0) is 13.1 Å². The predicted molar refractivity (Wildman–Crippen MR) is 77.0 cm³/mol. The third kappa shape index (κ3) is 3.82. The van der Waals surface area contributed by atoms with Crippen LogP contribution in [0.15, 0.2) is 41.1 Å². The Morgan fingerprint density at radius 2 is 2.00 bits per heavy atom. The van der Waals surface area contributed by atoms with Crippen LogP contribution in [0.4, 0.5) is 0 Å². The molecule has 0 saturated carbocycles. The second-order valence-electron chi connectivity index (χ2n) is 4.16. The van der Waals surface area contributed by atoms with Crippen molar-refractivity contribution in [3.8, 4) is 0 Å². The maximum Gasteiger partial charge on any atom is 0.0558 e. The zero-order chi connectivity index (χ0) is 12.8. The molecule has 0 aliphatic carbocycles. The number of hydrogen-bond acceptors (Lipinski definition) is 3. The molecule has 0 spiro atoms. The highest BCUT2D eigenvalue weighted by molar-refractivity contribution is 7.07. The van der Waals surface area contributed by atoms with E-state index in [0.29, 0.717) is 6.54 Å². The topological polar surface area (TPSA) is 23.5 Å². The van der Waals surface area contributed by atoms with E-state index in [1.165, 1.54) is 5.56 Å². The summed E-state index contributed by atoms with van der Waals surface area (Å²) in [6, 6.07) is 9.96. The van der Waals surface area contributed by atoms with Gasteiger partial charge in [0.2, 0.25) is 0 Å². The molecule has 0 fully saturated rings. The SMILES string of the molecule is OCCN(Cc1ccsc1)Cc1ccccc1Cl. The summed E-state index contributed by atoms with van der Waals surface area (Å²) < 4.78 is 0. The van der Waals surface area contributed by atoms with Crippen LogP contribution >= 0.6 is 22.9 Å². The lowest BCUT2D eigenvalue weighted by atomic mass is 10.2. The van der Waals surface area contributed by atoms with Crippen molar-refractivity contribution in [3.63, 3.8) is 0 Å². The molecular weight excluding hydrogens is 266 g/mol. The van der Waals surface area contributed by atoms with Gasteiger partial charge >= 0.3 is 0 Å². The van der Waals surface area contributed by atoms with Crippen molar-refractivity contribution in [3.05, 3.63) is 57.2 Å². The van der Waals surface area contributed by atoms with Gasteiger partial charge in [-0.2, -0.15) is 11.3 Å². The van der Waals surface area contributed by atoms with Crippen molar-refractivity contribution in [2.45, 2.75) is 13.1 Å². The summed E-state index contributed by atoms with van der Waals surface area (Å²) in [6.45, 7) is 2.42. The van der Waals surface area contributed by atoms with Gasteiger partial charge in [0.1, 0.15) is 0 Å². The first-order valence-corrected chi connectivity index (χ1v) is 7.19. The number of hydrogen-bond donors (Lipinski definition) is 1. The number of aliphatic hydroxyl groups excluding tert-OH is 1. The van der Waals surface area contributed by atoms with Crippen LogP contribution in [0.1, 0.15) is 11.1 Å². The molecule has 0 amide bonds. The third-order valence-corrected chi connectivity index (χ3v) is 3.86. The van der Waals surface area contributed by atoms with Gasteiger partial charge in [0, 0.05) is 24.7 Å². The molecule has 96 valence electrons. The lowest BCUT2D eigenvalue weighted by Gasteiger charge is -2.21. The minimum absolute atomic E-state index is 0.161. The second-order valence-corrected chi connectivity index (χ2v) is 5.34.